The van der Waals surface area contributed by atoms with Crippen molar-refractivity contribution in [3.8, 4) is 0 Å². The van der Waals surface area contributed by atoms with Crippen LogP contribution >= 0.6 is 0 Å². The number of fused-ring (bicyclic) bond motifs is 1. The van der Waals surface area contributed by atoms with Crippen molar-refractivity contribution in [2.75, 3.05) is 12.4 Å². The number of nitrogens with zero attached hydrogens (tertiary/aromatic N) is 2. The average molecular weight is 391 g/mol. The molecule has 2 amide bonds. The van der Waals surface area contributed by atoms with E-state index in [1.54, 1.807) is 19.3 Å². The maximum atomic E-state index is 12.8. The summed E-state index contributed by atoms with van der Waals surface area (Å²) >= 11 is 0. The standard InChI is InChI=1S/C23H25N3O3/c1-23(2,3)29-22(28)26(4)15-16-8-5-11-18(14-16)25-21(27)19-12-6-9-17-10-7-13-24-20(17)19/h5-14H,15H2,1-4H3,(H,25,27). The van der Waals surface area contributed by atoms with E-state index in [1.807, 2.05) is 69.3 Å². The van der Waals surface area contributed by atoms with Crippen LogP contribution in [-0.2, 0) is 11.3 Å². The number of anilines is 1. The molecule has 0 aliphatic heterocycles. The van der Waals surface area contributed by atoms with E-state index < -0.39 is 11.7 Å². The van der Waals surface area contributed by atoms with Crippen LogP contribution < -0.4 is 5.32 Å². The minimum absolute atomic E-state index is 0.230. The summed E-state index contributed by atoms with van der Waals surface area (Å²) in [6, 6.07) is 16.7. The number of rotatable bonds is 4. The summed E-state index contributed by atoms with van der Waals surface area (Å²) in [7, 11) is 1.68. The lowest BCUT2D eigenvalue weighted by atomic mass is 10.1. The van der Waals surface area contributed by atoms with E-state index in [9.17, 15) is 9.59 Å². The fraction of sp³-hybridized carbons (Fsp3) is 0.261. The number of carbonyl (C=O) groups excluding carboxylic acids is 2. The lowest BCUT2D eigenvalue weighted by molar-refractivity contribution is 0.0285. The van der Waals surface area contributed by atoms with E-state index in [1.165, 1.54) is 4.90 Å². The molecule has 0 aliphatic carbocycles. The Morgan fingerprint density at radius 1 is 1.07 bits per heavy atom. The fourth-order valence-electron chi connectivity index (χ4n) is 2.91. The normalized spacial score (nSPS) is 11.2. The van der Waals surface area contributed by atoms with Crippen molar-refractivity contribution in [1.29, 1.82) is 0 Å². The van der Waals surface area contributed by atoms with Gasteiger partial charge in [-0.25, -0.2) is 4.79 Å². The van der Waals surface area contributed by atoms with Gasteiger partial charge in [0.15, 0.2) is 0 Å². The van der Waals surface area contributed by atoms with E-state index in [2.05, 4.69) is 10.3 Å². The molecule has 150 valence electrons. The smallest absolute Gasteiger partial charge is 0.410 e. The van der Waals surface area contributed by atoms with E-state index in [0.717, 1.165) is 10.9 Å². The predicted molar refractivity (Wildman–Crippen MR) is 114 cm³/mol. The third-order valence-corrected chi connectivity index (χ3v) is 4.19. The molecular formula is C23H25N3O3. The van der Waals surface area contributed by atoms with Crippen LogP contribution in [-0.4, -0.2) is 34.5 Å². The topological polar surface area (TPSA) is 71.5 Å². The summed E-state index contributed by atoms with van der Waals surface area (Å²) in [4.78, 5) is 30.8. The van der Waals surface area contributed by atoms with Gasteiger partial charge in [0.05, 0.1) is 11.1 Å². The number of benzene rings is 2. The molecule has 1 aromatic heterocycles. The first-order chi connectivity index (χ1) is 13.7. The molecule has 0 unspecified atom stereocenters. The van der Waals surface area contributed by atoms with Crippen LogP contribution in [0.15, 0.2) is 60.8 Å². The number of hydrogen-bond acceptors (Lipinski definition) is 4. The Morgan fingerprint density at radius 3 is 2.55 bits per heavy atom. The lowest BCUT2D eigenvalue weighted by Crippen LogP contribution is -2.33. The molecule has 6 nitrogen and oxygen atoms in total. The molecule has 3 aromatic rings. The van der Waals surface area contributed by atoms with Gasteiger partial charge in [0.2, 0.25) is 0 Å². The minimum atomic E-state index is -0.548. The second-order valence-corrected chi connectivity index (χ2v) is 7.87. The van der Waals surface area contributed by atoms with Gasteiger partial charge in [0.25, 0.3) is 5.91 Å². The number of para-hydroxylation sites is 1. The summed E-state index contributed by atoms with van der Waals surface area (Å²) in [5, 5.41) is 3.83. The van der Waals surface area contributed by atoms with Crippen LogP contribution in [0.5, 0.6) is 0 Å². The summed E-state index contributed by atoms with van der Waals surface area (Å²) in [6.45, 7) is 5.86. The Bertz CT molecular complexity index is 1040. The molecule has 3 rings (SSSR count). The van der Waals surface area contributed by atoms with Crippen molar-refractivity contribution in [2.45, 2.75) is 32.9 Å². The molecule has 1 heterocycles. The van der Waals surface area contributed by atoms with Gasteiger partial charge in [0.1, 0.15) is 5.60 Å². The van der Waals surface area contributed by atoms with Crippen molar-refractivity contribution in [1.82, 2.24) is 9.88 Å². The number of ether oxygens (including phenoxy) is 1. The molecule has 0 fully saturated rings. The zero-order valence-electron chi connectivity index (χ0n) is 17.1. The molecule has 0 spiro atoms. The van der Waals surface area contributed by atoms with Crippen LogP contribution in [0.1, 0.15) is 36.7 Å². The molecule has 1 N–H and O–H groups in total. The highest BCUT2D eigenvalue weighted by Gasteiger charge is 2.19. The SMILES string of the molecule is CN(Cc1cccc(NC(=O)c2cccc3cccnc23)c1)C(=O)OC(C)(C)C. The minimum Gasteiger partial charge on any atom is -0.444 e. The number of aromatic nitrogens is 1. The molecular weight excluding hydrogens is 366 g/mol. The Morgan fingerprint density at radius 2 is 1.79 bits per heavy atom. The zero-order chi connectivity index (χ0) is 21.0. The van der Waals surface area contributed by atoms with Gasteiger partial charge in [0, 0.05) is 30.9 Å². The molecule has 29 heavy (non-hydrogen) atoms. The van der Waals surface area contributed by atoms with Gasteiger partial charge in [-0.1, -0.05) is 30.3 Å². The summed E-state index contributed by atoms with van der Waals surface area (Å²) in [6.07, 6.45) is 1.28. The number of nitrogens with one attached hydrogen (secondary N) is 1. The first-order valence-electron chi connectivity index (χ1n) is 9.41. The molecule has 0 bridgehead atoms. The molecule has 0 saturated carbocycles. The Balaban J connectivity index is 1.73. The molecule has 2 aromatic carbocycles. The number of amides is 2. The van der Waals surface area contributed by atoms with Gasteiger partial charge < -0.3 is 15.0 Å². The third kappa shape index (κ3) is 5.31. The summed E-state index contributed by atoms with van der Waals surface area (Å²) in [5.41, 5.74) is 2.16. The lowest BCUT2D eigenvalue weighted by Gasteiger charge is -2.24. The second kappa shape index (κ2) is 8.31. The van der Waals surface area contributed by atoms with Crippen molar-refractivity contribution in [3.05, 3.63) is 71.9 Å². The zero-order valence-corrected chi connectivity index (χ0v) is 17.1. The van der Waals surface area contributed by atoms with Crippen LogP contribution in [0.2, 0.25) is 0 Å². The predicted octanol–water partition coefficient (Wildman–Crippen LogP) is 4.85. The quantitative estimate of drug-likeness (QED) is 0.690. The Hall–Kier alpha value is -3.41. The van der Waals surface area contributed by atoms with Crippen molar-refractivity contribution < 1.29 is 14.3 Å². The molecule has 0 atom stereocenters. The highest BCUT2D eigenvalue weighted by Crippen LogP contribution is 2.19. The highest BCUT2D eigenvalue weighted by atomic mass is 16.6. The van der Waals surface area contributed by atoms with Crippen LogP contribution in [0.3, 0.4) is 0 Å². The van der Waals surface area contributed by atoms with Gasteiger partial charge in [-0.05, 0) is 50.6 Å². The molecule has 6 heteroatoms. The van der Waals surface area contributed by atoms with Crippen LogP contribution in [0.4, 0.5) is 10.5 Å². The first kappa shape index (κ1) is 20.3. The van der Waals surface area contributed by atoms with Crippen molar-refractivity contribution >= 4 is 28.6 Å². The molecule has 0 radical (unpaired) electrons. The summed E-state index contributed by atoms with van der Waals surface area (Å²) in [5.74, 6) is -0.230. The largest absolute Gasteiger partial charge is 0.444 e. The number of hydrogen-bond donors (Lipinski definition) is 1. The van der Waals surface area contributed by atoms with Gasteiger partial charge in [-0.3, -0.25) is 9.78 Å². The van der Waals surface area contributed by atoms with E-state index >= 15 is 0 Å². The Kier molecular flexibility index (Phi) is 5.82. The maximum Gasteiger partial charge on any atom is 0.410 e. The van der Waals surface area contributed by atoms with Crippen molar-refractivity contribution in [2.24, 2.45) is 0 Å². The monoisotopic (exact) mass is 391 g/mol. The van der Waals surface area contributed by atoms with Gasteiger partial charge in [-0.2, -0.15) is 0 Å². The van der Waals surface area contributed by atoms with Crippen molar-refractivity contribution in [3.63, 3.8) is 0 Å². The first-order valence-corrected chi connectivity index (χ1v) is 9.41. The van der Waals surface area contributed by atoms with Gasteiger partial charge >= 0.3 is 6.09 Å². The van der Waals surface area contributed by atoms with E-state index in [-0.39, 0.29) is 5.91 Å². The van der Waals surface area contributed by atoms with Crippen LogP contribution in [0.25, 0.3) is 10.9 Å². The Labute approximate surface area is 170 Å². The third-order valence-electron chi connectivity index (χ3n) is 4.19. The number of carbonyl (C=O) groups is 2. The van der Waals surface area contributed by atoms with Gasteiger partial charge in [-0.15, -0.1) is 0 Å². The summed E-state index contributed by atoms with van der Waals surface area (Å²) < 4.78 is 5.38. The highest BCUT2D eigenvalue weighted by molar-refractivity contribution is 6.11. The van der Waals surface area contributed by atoms with E-state index in [0.29, 0.717) is 23.3 Å². The van der Waals surface area contributed by atoms with E-state index in [4.69, 9.17) is 4.74 Å². The maximum absolute atomic E-state index is 12.8. The number of pyridine rings is 1. The molecule has 0 saturated heterocycles. The second-order valence-electron chi connectivity index (χ2n) is 7.87. The fourth-order valence-corrected chi connectivity index (χ4v) is 2.91. The molecule has 0 aliphatic rings. The van der Waals surface area contributed by atoms with Crippen LogP contribution in [0, 0.1) is 0 Å². The average Bonchev–Trinajstić information content (AvgIpc) is 2.66.